The van der Waals surface area contributed by atoms with Crippen molar-refractivity contribution in [3.05, 3.63) is 23.8 Å². The number of hydrogen-bond donors (Lipinski definition) is 2. The summed E-state index contributed by atoms with van der Waals surface area (Å²) in [5.41, 5.74) is 1.18. The number of nitrogens with zero attached hydrogens (tertiary/aromatic N) is 1. The molecule has 0 aliphatic heterocycles. The molecule has 1 saturated carbocycles. The predicted octanol–water partition coefficient (Wildman–Crippen LogP) is 3.05. The zero-order chi connectivity index (χ0) is 16.9. The van der Waals surface area contributed by atoms with Gasteiger partial charge in [0.25, 0.3) is 10.0 Å². The number of benzene rings is 1. The Morgan fingerprint density at radius 3 is 2.65 bits per heavy atom. The summed E-state index contributed by atoms with van der Waals surface area (Å²) in [6.07, 6.45) is 5.02. The molecule has 2 N–H and O–H groups in total. The summed E-state index contributed by atoms with van der Waals surface area (Å²) in [7, 11) is -3.95. The zero-order valence-corrected chi connectivity index (χ0v) is 14.5. The summed E-state index contributed by atoms with van der Waals surface area (Å²) in [6.45, 7) is 1.78. The SMILES string of the molecule is Cc1ccc(S(=O)(=O)NC(=O)NC2CCCCC2)cc1N=C=S. The fourth-order valence-electron chi connectivity index (χ4n) is 2.57. The molecule has 8 heteroatoms. The summed E-state index contributed by atoms with van der Waals surface area (Å²) >= 11 is 4.55. The summed E-state index contributed by atoms with van der Waals surface area (Å²) < 4.78 is 26.6. The molecule has 0 aromatic heterocycles. The van der Waals surface area contributed by atoms with Crippen LogP contribution in [-0.4, -0.2) is 25.7 Å². The van der Waals surface area contributed by atoms with Crippen molar-refractivity contribution in [1.29, 1.82) is 0 Å². The molecule has 0 unspecified atom stereocenters. The van der Waals surface area contributed by atoms with Gasteiger partial charge in [-0.1, -0.05) is 25.3 Å². The highest BCUT2D eigenvalue weighted by Gasteiger charge is 2.21. The van der Waals surface area contributed by atoms with Crippen molar-refractivity contribution in [2.45, 2.75) is 50.0 Å². The van der Waals surface area contributed by atoms with Gasteiger partial charge in [0.1, 0.15) is 0 Å². The van der Waals surface area contributed by atoms with Crippen LogP contribution in [0.2, 0.25) is 0 Å². The van der Waals surface area contributed by atoms with Gasteiger partial charge in [0.05, 0.1) is 15.7 Å². The summed E-state index contributed by atoms with van der Waals surface area (Å²) in [5, 5.41) is 4.93. The first-order valence-corrected chi connectivity index (χ1v) is 9.33. The molecule has 0 spiro atoms. The monoisotopic (exact) mass is 353 g/mol. The van der Waals surface area contributed by atoms with E-state index in [1.807, 2.05) is 4.72 Å². The lowest BCUT2D eigenvalue weighted by molar-refractivity contribution is 0.237. The van der Waals surface area contributed by atoms with E-state index in [1.165, 1.54) is 12.1 Å². The lowest BCUT2D eigenvalue weighted by atomic mass is 9.96. The number of urea groups is 1. The molecular formula is C15H19N3O3S2. The van der Waals surface area contributed by atoms with Crippen LogP contribution < -0.4 is 10.0 Å². The first-order valence-electron chi connectivity index (χ1n) is 7.44. The van der Waals surface area contributed by atoms with Crippen LogP contribution in [0.15, 0.2) is 28.1 Å². The minimum absolute atomic E-state index is 0.0342. The lowest BCUT2D eigenvalue weighted by Crippen LogP contribution is -2.45. The van der Waals surface area contributed by atoms with E-state index in [4.69, 9.17) is 0 Å². The molecule has 1 aliphatic carbocycles. The van der Waals surface area contributed by atoms with Gasteiger partial charge in [-0.25, -0.2) is 17.9 Å². The van der Waals surface area contributed by atoms with Crippen LogP contribution in [0.1, 0.15) is 37.7 Å². The number of carbonyl (C=O) groups is 1. The molecule has 1 fully saturated rings. The van der Waals surface area contributed by atoms with Gasteiger partial charge in [0.2, 0.25) is 0 Å². The van der Waals surface area contributed by atoms with Crippen LogP contribution in [0, 0.1) is 6.92 Å². The number of aryl methyl sites for hydroxylation is 1. The molecule has 2 rings (SSSR count). The second-order valence-corrected chi connectivity index (χ2v) is 7.43. The Labute approximate surface area is 141 Å². The van der Waals surface area contributed by atoms with E-state index in [1.54, 1.807) is 13.0 Å². The fraction of sp³-hybridized carbons (Fsp3) is 0.467. The van der Waals surface area contributed by atoms with Gasteiger partial charge in [0.15, 0.2) is 0 Å². The van der Waals surface area contributed by atoms with Crippen LogP contribution in [0.25, 0.3) is 0 Å². The van der Waals surface area contributed by atoms with Crippen LogP contribution >= 0.6 is 12.2 Å². The number of amides is 2. The molecule has 1 aliphatic rings. The smallest absolute Gasteiger partial charge is 0.328 e. The van der Waals surface area contributed by atoms with Crippen molar-refractivity contribution in [3.8, 4) is 0 Å². The molecule has 2 amide bonds. The van der Waals surface area contributed by atoms with Gasteiger partial charge in [-0.05, 0) is 49.7 Å². The van der Waals surface area contributed by atoms with Crippen molar-refractivity contribution in [1.82, 2.24) is 10.0 Å². The summed E-state index contributed by atoms with van der Waals surface area (Å²) in [6, 6.07) is 3.74. The van der Waals surface area contributed by atoms with Gasteiger partial charge < -0.3 is 5.32 Å². The van der Waals surface area contributed by atoms with E-state index < -0.39 is 16.1 Å². The van der Waals surface area contributed by atoms with Crippen LogP contribution in [0.4, 0.5) is 10.5 Å². The number of hydrogen-bond acceptors (Lipinski definition) is 5. The average Bonchev–Trinajstić information content (AvgIpc) is 2.50. The van der Waals surface area contributed by atoms with Crippen molar-refractivity contribution in [2.75, 3.05) is 0 Å². The number of thiocarbonyl (C=S) groups is 1. The number of rotatable bonds is 4. The Morgan fingerprint density at radius 2 is 2.00 bits per heavy atom. The van der Waals surface area contributed by atoms with Crippen LogP contribution in [0.5, 0.6) is 0 Å². The first-order chi connectivity index (χ1) is 10.9. The normalized spacial score (nSPS) is 15.5. The fourth-order valence-corrected chi connectivity index (χ4v) is 3.60. The van der Waals surface area contributed by atoms with Crippen molar-refractivity contribution in [2.24, 2.45) is 4.99 Å². The highest BCUT2D eigenvalue weighted by atomic mass is 32.2. The lowest BCUT2D eigenvalue weighted by Gasteiger charge is -2.22. The second-order valence-electron chi connectivity index (χ2n) is 5.57. The maximum atomic E-state index is 12.3. The maximum absolute atomic E-state index is 12.3. The molecular weight excluding hydrogens is 334 g/mol. The van der Waals surface area contributed by atoms with E-state index in [0.29, 0.717) is 5.69 Å². The molecule has 23 heavy (non-hydrogen) atoms. The predicted molar refractivity (Wildman–Crippen MR) is 91.6 cm³/mol. The third-order valence-corrected chi connectivity index (χ3v) is 5.24. The number of isothiocyanates is 1. The van der Waals surface area contributed by atoms with Crippen molar-refractivity contribution >= 4 is 39.1 Å². The Bertz CT molecular complexity index is 734. The molecule has 1 aromatic rings. The number of nitrogens with one attached hydrogen (secondary N) is 2. The minimum atomic E-state index is -3.95. The van der Waals surface area contributed by atoms with E-state index >= 15 is 0 Å². The third kappa shape index (κ3) is 4.86. The highest BCUT2D eigenvalue weighted by Crippen LogP contribution is 2.22. The summed E-state index contributed by atoms with van der Waals surface area (Å²) in [4.78, 5) is 15.7. The Kier molecular flexibility index (Phi) is 5.87. The maximum Gasteiger partial charge on any atom is 0.328 e. The largest absolute Gasteiger partial charge is 0.335 e. The van der Waals surface area contributed by atoms with Crippen LogP contribution in [-0.2, 0) is 10.0 Å². The quantitative estimate of drug-likeness (QED) is 0.643. The van der Waals surface area contributed by atoms with Gasteiger partial charge in [-0.15, -0.1) is 0 Å². The van der Waals surface area contributed by atoms with E-state index in [-0.39, 0.29) is 10.9 Å². The molecule has 124 valence electrons. The van der Waals surface area contributed by atoms with Gasteiger partial charge in [-0.3, -0.25) is 0 Å². The first kappa shape index (κ1) is 17.6. The van der Waals surface area contributed by atoms with Crippen LogP contribution in [0.3, 0.4) is 0 Å². The van der Waals surface area contributed by atoms with E-state index in [9.17, 15) is 13.2 Å². The Hall–Kier alpha value is -1.76. The molecule has 0 heterocycles. The number of sulfonamides is 1. The number of aliphatic imine (C=N–C) groups is 1. The molecule has 0 bridgehead atoms. The van der Waals surface area contributed by atoms with E-state index in [0.717, 1.165) is 37.7 Å². The second kappa shape index (κ2) is 7.68. The Morgan fingerprint density at radius 1 is 1.30 bits per heavy atom. The standard InChI is InChI=1S/C15H19N3O3S2/c1-11-7-8-13(9-14(11)16-10-22)23(20,21)18-15(19)17-12-5-3-2-4-6-12/h7-9,12H,2-6H2,1H3,(H2,17,18,19). The molecule has 6 nitrogen and oxygen atoms in total. The number of carbonyl (C=O) groups excluding carboxylic acids is 1. The van der Waals surface area contributed by atoms with Crippen molar-refractivity contribution < 1.29 is 13.2 Å². The Balaban J connectivity index is 2.10. The van der Waals surface area contributed by atoms with Gasteiger partial charge in [0, 0.05) is 6.04 Å². The average molecular weight is 353 g/mol. The van der Waals surface area contributed by atoms with E-state index in [2.05, 4.69) is 27.7 Å². The van der Waals surface area contributed by atoms with Gasteiger partial charge >= 0.3 is 6.03 Å². The van der Waals surface area contributed by atoms with Crippen molar-refractivity contribution in [3.63, 3.8) is 0 Å². The summed E-state index contributed by atoms with van der Waals surface area (Å²) in [5.74, 6) is 0. The minimum Gasteiger partial charge on any atom is -0.335 e. The van der Waals surface area contributed by atoms with Gasteiger partial charge in [-0.2, -0.15) is 4.99 Å². The molecule has 0 atom stereocenters. The highest BCUT2D eigenvalue weighted by molar-refractivity contribution is 7.90. The zero-order valence-electron chi connectivity index (χ0n) is 12.8. The molecule has 0 radical (unpaired) electrons. The molecule has 1 aromatic carbocycles. The topological polar surface area (TPSA) is 87.6 Å². The molecule has 0 saturated heterocycles. The third-order valence-electron chi connectivity index (χ3n) is 3.82.